The fourth-order valence-corrected chi connectivity index (χ4v) is 2.20. The Hall–Kier alpha value is -3.22. The maximum atomic E-state index is 12.2. The van der Waals surface area contributed by atoms with Gasteiger partial charge in [-0.05, 0) is 31.2 Å². The van der Waals surface area contributed by atoms with Gasteiger partial charge in [0.05, 0.1) is 34.9 Å². The molecule has 0 radical (unpaired) electrons. The van der Waals surface area contributed by atoms with Crippen LogP contribution < -0.4 is 5.73 Å². The van der Waals surface area contributed by atoms with E-state index in [1.165, 1.54) is 0 Å². The zero-order valence-electron chi connectivity index (χ0n) is 12.5. The molecule has 3 aromatic rings. The van der Waals surface area contributed by atoms with Crippen LogP contribution in [0.25, 0.3) is 22.8 Å². The molecule has 116 valence electrons. The molecule has 0 aliphatic carbocycles. The first-order valence-electron chi connectivity index (χ1n) is 7.09. The van der Waals surface area contributed by atoms with Crippen molar-refractivity contribution in [2.45, 2.75) is 6.92 Å². The van der Waals surface area contributed by atoms with Crippen LogP contribution in [0.1, 0.15) is 17.3 Å². The first kappa shape index (κ1) is 14.7. The summed E-state index contributed by atoms with van der Waals surface area (Å²) < 4.78 is 5.12. The molecular weight excluding hydrogens is 294 g/mol. The third kappa shape index (κ3) is 3.03. The van der Waals surface area contributed by atoms with Gasteiger partial charge in [0.1, 0.15) is 0 Å². The Balaban J connectivity index is 2.12. The Morgan fingerprint density at radius 1 is 1.22 bits per heavy atom. The molecule has 0 saturated carbocycles. The maximum absolute atomic E-state index is 12.2. The number of anilines is 1. The molecule has 7 heteroatoms. The van der Waals surface area contributed by atoms with E-state index in [1.807, 2.05) is 18.2 Å². The highest BCUT2D eigenvalue weighted by molar-refractivity contribution is 5.97. The third-order valence-corrected chi connectivity index (χ3v) is 3.18. The minimum atomic E-state index is -0.419. The molecule has 0 spiro atoms. The molecule has 0 aliphatic rings. The van der Waals surface area contributed by atoms with Crippen molar-refractivity contribution in [1.29, 1.82) is 0 Å². The highest BCUT2D eigenvalue weighted by Gasteiger charge is 2.19. The number of aromatic amines is 1. The number of hydrogen-bond donors (Lipinski definition) is 2. The Bertz CT molecular complexity index is 829. The predicted molar refractivity (Wildman–Crippen MR) is 85.4 cm³/mol. The standard InChI is InChI=1S/C16H15N5O2/c1-2-23-15(22)10-9-13(11-6-8-19-16(17)21-11)20-14(10)12-5-3-4-7-18-12/h3-9,20H,2H2,1H3,(H2,17,19,21). The lowest BCUT2D eigenvalue weighted by Gasteiger charge is -2.03. The predicted octanol–water partition coefficient (Wildman–Crippen LogP) is 2.29. The van der Waals surface area contributed by atoms with Crippen molar-refractivity contribution >= 4 is 11.9 Å². The van der Waals surface area contributed by atoms with Crippen LogP contribution >= 0.6 is 0 Å². The van der Waals surface area contributed by atoms with E-state index in [2.05, 4.69) is 19.9 Å². The summed E-state index contributed by atoms with van der Waals surface area (Å²) in [7, 11) is 0. The lowest BCUT2D eigenvalue weighted by molar-refractivity contribution is 0.0527. The SMILES string of the molecule is CCOC(=O)c1cc(-c2ccnc(N)n2)[nH]c1-c1ccccn1. The number of carbonyl (C=O) groups is 1. The number of hydrogen-bond acceptors (Lipinski definition) is 6. The topological polar surface area (TPSA) is 107 Å². The van der Waals surface area contributed by atoms with Gasteiger partial charge in [0.2, 0.25) is 5.95 Å². The molecule has 0 fully saturated rings. The number of rotatable bonds is 4. The normalized spacial score (nSPS) is 10.5. The van der Waals surface area contributed by atoms with Gasteiger partial charge < -0.3 is 15.5 Å². The van der Waals surface area contributed by atoms with E-state index in [9.17, 15) is 4.79 Å². The molecule has 0 saturated heterocycles. The van der Waals surface area contributed by atoms with Crippen molar-refractivity contribution in [2.24, 2.45) is 0 Å². The average molecular weight is 309 g/mol. The molecule has 3 heterocycles. The van der Waals surface area contributed by atoms with E-state index in [4.69, 9.17) is 10.5 Å². The van der Waals surface area contributed by atoms with Crippen LogP contribution in [-0.4, -0.2) is 32.5 Å². The molecular formula is C16H15N5O2. The van der Waals surface area contributed by atoms with Crippen molar-refractivity contribution in [1.82, 2.24) is 19.9 Å². The lowest BCUT2D eigenvalue weighted by Crippen LogP contribution is -2.05. The van der Waals surface area contributed by atoms with Crippen LogP contribution in [0.3, 0.4) is 0 Å². The van der Waals surface area contributed by atoms with Crippen LogP contribution in [0.2, 0.25) is 0 Å². The molecule has 0 aliphatic heterocycles. The summed E-state index contributed by atoms with van der Waals surface area (Å²) in [5, 5.41) is 0. The molecule has 23 heavy (non-hydrogen) atoms. The van der Waals surface area contributed by atoms with Gasteiger partial charge in [-0.1, -0.05) is 6.07 Å². The van der Waals surface area contributed by atoms with Crippen molar-refractivity contribution < 1.29 is 9.53 Å². The number of H-pyrrole nitrogens is 1. The minimum absolute atomic E-state index is 0.161. The molecule has 0 atom stereocenters. The second kappa shape index (κ2) is 6.27. The van der Waals surface area contributed by atoms with Crippen molar-refractivity contribution in [3.8, 4) is 22.8 Å². The zero-order chi connectivity index (χ0) is 16.2. The number of ether oxygens (including phenoxy) is 1. The second-order valence-electron chi connectivity index (χ2n) is 4.71. The fraction of sp³-hybridized carbons (Fsp3) is 0.125. The molecule has 3 aromatic heterocycles. The average Bonchev–Trinajstić information content (AvgIpc) is 3.01. The number of esters is 1. The second-order valence-corrected chi connectivity index (χ2v) is 4.71. The highest BCUT2D eigenvalue weighted by atomic mass is 16.5. The number of pyridine rings is 1. The van der Waals surface area contributed by atoms with Crippen LogP contribution in [0.5, 0.6) is 0 Å². The summed E-state index contributed by atoms with van der Waals surface area (Å²) in [4.78, 5) is 27.7. The van der Waals surface area contributed by atoms with Gasteiger partial charge in [-0.2, -0.15) is 0 Å². The first-order chi connectivity index (χ1) is 11.2. The van der Waals surface area contributed by atoms with Gasteiger partial charge in [0.25, 0.3) is 0 Å². The molecule has 7 nitrogen and oxygen atoms in total. The Kier molecular flexibility index (Phi) is 4.01. The number of nitrogens with zero attached hydrogens (tertiary/aromatic N) is 3. The van der Waals surface area contributed by atoms with Gasteiger partial charge >= 0.3 is 5.97 Å². The van der Waals surface area contributed by atoms with Crippen molar-refractivity contribution in [3.63, 3.8) is 0 Å². The third-order valence-electron chi connectivity index (χ3n) is 3.18. The largest absolute Gasteiger partial charge is 0.462 e. The number of aromatic nitrogens is 4. The molecule has 3 rings (SSSR count). The zero-order valence-corrected chi connectivity index (χ0v) is 12.5. The number of nitrogens with two attached hydrogens (primary N) is 1. The van der Waals surface area contributed by atoms with Crippen LogP contribution in [0.4, 0.5) is 5.95 Å². The van der Waals surface area contributed by atoms with Gasteiger partial charge in [-0.25, -0.2) is 14.8 Å². The van der Waals surface area contributed by atoms with E-state index in [1.54, 1.807) is 31.5 Å². The summed E-state index contributed by atoms with van der Waals surface area (Å²) in [6.45, 7) is 2.05. The van der Waals surface area contributed by atoms with Crippen molar-refractivity contribution in [3.05, 3.63) is 48.3 Å². The van der Waals surface area contributed by atoms with Crippen LogP contribution in [0, 0.1) is 0 Å². The summed E-state index contributed by atoms with van der Waals surface area (Å²) in [6, 6.07) is 8.86. The van der Waals surface area contributed by atoms with E-state index < -0.39 is 5.97 Å². The van der Waals surface area contributed by atoms with Gasteiger partial charge in [0.15, 0.2) is 0 Å². The Morgan fingerprint density at radius 2 is 2.09 bits per heavy atom. The Morgan fingerprint density at radius 3 is 2.78 bits per heavy atom. The summed E-state index contributed by atoms with van der Waals surface area (Å²) in [5.41, 5.74) is 8.47. The van der Waals surface area contributed by atoms with E-state index in [0.717, 1.165) is 0 Å². The fourth-order valence-electron chi connectivity index (χ4n) is 2.20. The minimum Gasteiger partial charge on any atom is -0.462 e. The molecule has 0 bridgehead atoms. The highest BCUT2D eigenvalue weighted by Crippen LogP contribution is 2.27. The molecule has 0 unspecified atom stereocenters. The molecule has 3 N–H and O–H groups in total. The van der Waals surface area contributed by atoms with E-state index >= 15 is 0 Å². The molecule has 0 aromatic carbocycles. The summed E-state index contributed by atoms with van der Waals surface area (Å²) in [5.74, 6) is -0.258. The first-order valence-corrected chi connectivity index (χ1v) is 7.09. The lowest BCUT2D eigenvalue weighted by atomic mass is 10.1. The smallest absolute Gasteiger partial charge is 0.340 e. The number of nitrogen functional groups attached to an aromatic ring is 1. The van der Waals surface area contributed by atoms with Crippen LogP contribution in [0.15, 0.2) is 42.7 Å². The summed E-state index contributed by atoms with van der Waals surface area (Å²) >= 11 is 0. The van der Waals surface area contributed by atoms with Crippen LogP contribution in [-0.2, 0) is 4.74 Å². The maximum Gasteiger partial charge on any atom is 0.340 e. The van der Waals surface area contributed by atoms with Gasteiger partial charge in [0, 0.05) is 12.4 Å². The summed E-state index contributed by atoms with van der Waals surface area (Å²) in [6.07, 6.45) is 3.22. The molecule has 0 amide bonds. The Labute approximate surface area is 132 Å². The van der Waals surface area contributed by atoms with E-state index in [0.29, 0.717) is 34.9 Å². The monoisotopic (exact) mass is 309 g/mol. The van der Waals surface area contributed by atoms with Gasteiger partial charge in [-0.3, -0.25) is 4.98 Å². The quantitative estimate of drug-likeness (QED) is 0.716. The van der Waals surface area contributed by atoms with Crippen molar-refractivity contribution in [2.75, 3.05) is 12.3 Å². The number of nitrogens with one attached hydrogen (secondary N) is 1. The number of carbonyl (C=O) groups excluding carboxylic acids is 1. The van der Waals surface area contributed by atoms with Gasteiger partial charge in [-0.15, -0.1) is 0 Å². The van der Waals surface area contributed by atoms with E-state index in [-0.39, 0.29) is 5.95 Å².